The largest absolute Gasteiger partial charge is 0.462 e. The topological polar surface area (TPSA) is 95.9 Å². The average molecular weight is 880 g/mol. The molecule has 0 heterocycles. The smallest absolute Gasteiger partial charge is 0.306 e. The van der Waals surface area contributed by atoms with E-state index in [0.717, 1.165) is 96.3 Å². The lowest BCUT2D eigenvalue weighted by Gasteiger charge is -2.24. The molecule has 1 amide bonds. The van der Waals surface area contributed by atoms with Crippen LogP contribution < -0.4 is 5.32 Å². The molecule has 3 unspecified atom stereocenters. The predicted octanol–water partition coefficient (Wildman–Crippen LogP) is 16.2. The van der Waals surface area contributed by atoms with Gasteiger partial charge in [-0.25, -0.2) is 0 Å². The molecule has 3 N–H and O–H groups in total. The highest BCUT2D eigenvalue weighted by atomic mass is 16.5. The molecule has 0 aromatic heterocycles. The summed E-state index contributed by atoms with van der Waals surface area (Å²) in [5, 5.41) is 23.7. The molecular formula is C57H101NO5. The molecule has 0 bridgehead atoms. The number of rotatable bonds is 47. The lowest BCUT2D eigenvalue weighted by atomic mass is 10.0. The average Bonchev–Trinajstić information content (AvgIpc) is 3.28. The third-order valence-corrected chi connectivity index (χ3v) is 11.9. The Morgan fingerprint density at radius 3 is 1.29 bits per heavy atom. The first-order valence-electron chi connectivity index (χ1n) is 26.7. The number of amides is 1. The summed E-state index contributed by atoms with van der Waals surface area (Å²) in [5.41, 5.74) is 0. The summed E-state index contributed by atoms with van der Waals surface area (Å²) in [6, 6.07) is -0.717. The summed E-state index contributed by atoms with van der Waals surface area (Å²) < 4.78 is 5.92. The van der Waals surface area contributed by atoms with E-state index in [4.69, 9.17) is 4.74 Å². The van der Waals surface area contributed by atoms with Crippen LogP contribution in [0, 0.1) is 0 Å². The van der Waals surface area contributed by atoms with Crippen LogP contribution in [0.15, 0.2) is 72.9 Å². The van der Waals surface area contributed by atoms with Crippen LogP contribution >= 0.6 is 0 Å². The fourth-order valence-corrected chi connectivity index (χ4v) is 7.79. The van der Waals surface area contributed by atoms with Gasteiger partial charge in [-0.15, -0.1) is 0 Å². The Kier molecular flexibility index (Phi) is 48.1. The number of carbonyl (C=O) groups excluding carboxylic acids is 2. The maximum absolute atomic E-state index is 13.2. The second-order valence-corrected chi connectivity index (χ2v) is 18.0. The molecule has 0 saturated carbocycles. The second kappa shape index (κ2) is 50.3. The molecule has 364 valence electrons. The minimum atomic E-state index is -0.801. The van der Waals surface area contributed by atoms with Crippen LogP contribution in [0.5, 0.6) is 0 Å². The minimum absolute atomic E-state index is 0.0474. The maximum Gasteiger partial charge on any atom is 0.306 e. The van der Waals surface area contributed by atoms with Gasteiger partial charge in [-0.1, -0.05) is 235 Å². The van der Waals surface area contributed by atoms with Crippen LogP contribution in [-0.4, -0.2) is 46.9 Å². The fourth-order valence-electron chi connectivity index (χ4n) is 7.79. The van der Waals surface area contributed by atoms with Crippen LogP contribution in [0.1, 0.15) is 252 Å². The van der Waals surface area contributed by atoms with Crippen LogP contribution in [0.2, 0.25) is 0 Å². The van der Waals surface area contributed by atoms with E-state index in [0.29, 0.717) is 19.3 Å². The van der Waals surface area contributed by atoms with Gasteiger partial charge < -0.3 is 20.3 Å². The van der Waals surface area contributed by atoms with Gasteiger partial charge in [0.05, 0.1) is 25.2 Å². The highest BCUT2D eigenvalue weighted by Gasteiger charge is 2.24. The number of carbonyl (C=O) groups is 2. The number of aliphatic hydroxyl groups is 2. The Balaban J connectivity index is 4.69. The lowest BCUT2D eigenvalue weighted by Crippen LogP contribution is -2.46. The minimum Gasteiger partial charge on any atom is -0.462 e. The van der Waals surface area contributed by atoms with E-state index < -0.39 is 18.2 Å². The fraction of sp³-hybridized carbons (Fsp3) is 0.754. The Morgan fingerprint density at radius 1 is 0.460 bits per heavy atom. The highest BCUT2D eigenvalue weighted by molar-refractivity contribution is 5.77. The Bertz CT molecular complexity index is 1170. The monoisotopic (exact) mass is 880 g/mol. The predicted molar refractivity (Wildman–Crippen MR) is 273 cm³/mol. The first-order chi connectivity index (χ1) is 31.0. The summed E-state index contributed by atoms with van der Waals surface area (Å²) in [6.07, 6.45) is 63.8. The van der Waals surface area contributed by atoms with Gasteiger partial charge in [0.2, 0.25) is 5.91 Å². The molecule has 0 aromatic rings. The number of hydrogen-bond donors (Lipinski definition) is 3. The van der Waals surface area contributed by atoms with Gasteiger partial charge in [-0.3, -0.25) is 9.59 Å². The number of hydrogen-bond acceptors (Lipinski definition) is 5. The standard InChI is InChI=1S/C57H101NO5/c1-4-7-10-13-16-19-22-24-26-28-29-31-33-35-38-41-44-47-50-57(62)63-53(48-45-42-39-36-34-32-30-27-25-23-20-17-14-11-8-5-2)51-56(61)58-54(52-59)55(60)49-46-43-40-37-21-18-15-12-9-6-3/h16,19,22,24,26-32,34,53-55,59-60H,4-15,17-18,20-21,23,25,33,35-52H2,1-3H3,(H,58,61)/b19-16+,24-22+,28-26+,30-27+,31-29+,34-32+. The molecule has 0 aliphatic heterocycles. The van der Waals surface area contributed by atoms with E-state index in [9.17, 15) is 19.8 Å². The van der Waals surface area contributed by atoms with Gasteiger partial charge in [0.1, 0.15) is 6.10 Å². The van der Waals surface area contributed by atoms with Gasteiger partial charge in [0.25, 0.3) is 0 Å². The summed E-state index contributed by atoms with van der Waals surface area (Å²) in [5.74, 6) is -0.527. The quantitative estimate of drug-likeness (QED) is 0.0321. The Morgan fingerprint density at radius 2 is 0.810 bits per heavy atom. The van der Waals surface area contributed by atoms with Crippen molar-refractivity contribution in [3.05, 3.63) is 72.9 Å². The molecule has 0 fully saturated rings. The number of ether oxygens (including phenoxy) is 1. The number of allylic oxidation sites excluding steroid dienone is 12. The van der Waals surface area contributed by atoms with Crippen molar-refractivity contribution in [2.45, 2.75) is 270 Å². The molecule has 0 saturated heterocycles. The molecule has 0 aliphatic carbocycles. The molecule has 6 nitrogen and oxygen atoms in total. The first kappa shape index (κ1) is 60.3. The number of unbranched alkanes of at least 4 members (excludes halogenated alkanes) is 27. The molecule has 0 radical (unpaired) electrons. The first-order valence-corrected chi connectivity index (χ1v) is 26.7. The summed E-state index contributed by atoms with van der Waals surface area (Å²) >= 11 is 0. The van der Waals surface area contributed by atoms with Gasteiger partial charge in [0.15, 0.2) is 0 Å². The van der Waals surface area contributed by atoms with Crippen LogP contribution in [0.3, 0.4) is 0 Å². The van der Waals surface area contributed by atoms with Crippen molar-refractivity contribution in [2.75, 3.05) is 6.61 Å². The van der Waals surface area contributed by atoms with Gasteiger partial charge in [0, 0.05) is 6.42 Å². The van der Waals surface area contributed by atoms with Crippen LogP contribution in [0.25, 0.3) is 0 Å². The van der Waals surface area contributed by atoms with E-state index in [1.54, 1.807) is 0 Å². The molecule has 63 heavy (non-hydrogen) atoms. The summed E-state index contributed by atoms with van der Waals surface area (Å²) in [7, 11) is 0. The van der Waals surface area contributed by atoms with Crippen LogP contribution in [-0.2, 0) is 14.3 Å². The van der Waals surface area contributed by atoms with E-state index in [-0.39, 0.29) is 24.9 Å². The van der Waals surface area contributed by atoms with Crippen molar-refractivity contribution in [3.63, 3.8) is 0 Å². The molecule has 6 heteroatoms. The van der Waals surface area contributed by atoms with Crippen molar-refractivity contribution in [1.82, 2.24) is 5.32 Å². The normalized spacial score (nSPS) is 13.8. The zero-order chi connectivity index (χ0) is 45.9. The second-order valence-electron chi connectivity index (χ2n) is 18.0. The molecule has 0 aromatic carbocycles. The summed E-state index contributed by atoms with van der Waals surface area (Å²) in [4.78, 5) is 26.2. The zero-order valence-electron chi connectivity index (χ0n) is 41.4. The Hall–Kier alpha value is -2.70. The van der Waals surface area contributed by atoms with Gasteiger partial charge >= 0.3 is 5.97 Å². The van der Waals surface area contributed by atoms with Crippen molar-refractivity contribution in [2.24, 2.45) is 0 Å². The number of esters is 1. The third-order valence-electron chi connectivity index (χ3n) is 11.9. The zero-order valence-corrected chi connectivity index (χ0v) is 41.4. The van der Waals surface area contributed by atoms with E-state index in [1.807, 2.05) is 0 Å². The van der Waals surface area contributed by atoms with Crippen molar-refractivity contribution >= 4 is 11.9 Å². The van der Waals surface area contributed by atoms with E-state index in [2.05, 4.69) is 99.0 Å². The van der Waals surface area contributed by atoms with Gasteiger partial charge in [-0.2, -0.15) is 0 Å². The summed E-state index contributed by atoms with van der Waals surface area (Å²) in [6.45, 7) is 6.42. The van der Waals surface area contributed by atoms with Crippen molar-refractivity contribution in [1.29, 1.82) is 0 Å². The van der Waals surface area contributed by atoms with Crippen molar-refractivity contribution < 1.29 is 24.5 Å². The highest BCUT2D eigenvalue weighted by Crippen LogP contribution is 2.17. The van der Waals surface area contributed by atoms with Crippen molar-refractivity contribution in [3.8, 4) is 0 Å². The SMILES string of the molecule is CCCCC/C=C/C=C/C=C/C=C/CCCCCCCC(=O)OC(CCCCC/C=C/C=C/CCCCCCCCC)CC(=O)NC(CO)C(O)CCCCCCCCCCCC. The molecule has 0 spiro atoms. The number of nitrogens with one attached hydrogen (secondary N) is 1. The maximum atomic E-state index is 13.2. The molecular weight excluding hydrogens is 779 g/mol. The Labute approximate surface area is 390 Å². The van der Waals surface area contributed by atoms with E-state index in [1.165, 1.54) is 109 Å². The number of aliphatic hydroxyl groups excluding tert-OH is 2. The molecule has 0 rings (SSSR count). The van der Waals surface area contributed by atoms with E-state index >= 15 is 0 Å². The lowest BCUT2D eigenvalue weighted by molar-refractivity contribution is -0.151. The third kappa shape index (κ3) is 45.7. The van der Waals surface area contributed by atoms with Gasteiger partial charge in [-0.05, 0) is 77.0 Å². The molecule has 3 atom stereocenters. The molecule has 0 aliphatic rings. The van der Waals surface area contributed by atoms with Crippen LogP contribution in [0.4, 0.5) is 0 Å².